The Balaban J connectivity index is 2.44. The topological polar surface area (TPSA) is 66.8 Å². The lowest BCUT2D eigenvalue weighted by atomic mass is 9.95. The molecule has 1 heterocycles. The SMILES string of the molecule is CC1(CC(O)CO)CCC(=O)O1. The van der Waals surface area contributed by atoms with Crippen molar-refractivity contribution in [2.24, 2.45) is 0 Å². The van der Waals surface area contributed by atoms with Crippen molar-refractivity contribution in [1.82, 2.24) is 0 Å². The van der Waals surface area contributed by atoms with Crippen molar-refractivity contribution in [1.29, 1.82) is 0 Å². The van der Waals surface area contributed by atoms with Gasteiger partial charge in [-0.2, -0.15) is 0 Å². The maximum absolute atomic E-state index is 10.8. The smallest absolute Gasteiger partial charge is 0.306 e. The molecule has 0 bridgehead atoms. The Kier molecular flexibility index (Phi) is 2.69. The normalized spacial score (nSPS) is 31.8. The molecule has 70 valence electrons. The van der Waals surface area contributed by atoms with Crippen LogP contribution in [0.2, 0.25) is 0 Å². The molecule has 0 saturated carbocycles. The molecule has 0 aromatic heterocycles. The van der Waals surface area contributed by atoms with Crippen molar-refractivity contribution in [2.45, 2.75) is 37.9 Å². The summed E-state index contributed by atoms with van der Waals surface area (Å²) in [5.41, 5.74) is -0.570. The van der Waals surface area contributed by atoms with Crippen molar-refractivity contribution in [3.8, 4) is 0 Å². The van der Waals surface area contributed by atoms with Gasteiger partial charge in [0.15, 0.2) is 0 Å². The molecule has 12 heavy (non-hydrogen) atoms. The van der Waals surface area contributed by atoms with Crippen LogP contribution in [0.15, 0.2) is 0 Å². The lowest BCUT2D eigenvalue weighted by molar-refractivity contribution is -0.149. The average molecular weight is 174 g/mol. The Labute approximate surface area is 71.2 Å². The zero-order chi connectivity index (χ0) is 9.19. The van der Waals surface area contributed by atoms with E-state index in [1.807, 2.05) is 0 Å². The second-order valence-electron chi connectivity index (χ2n) is 3.46. The van der Waals surface area contributed by atoms with E-state index in [2.05, 4.69) is 0 Å². The fourth-order valence-corrected chi connectivity index (χ4v) is 1.45. The van der Waals surface area contributed by atoms with E-state index in [1.54, 1.807) is 6.92 Å². The monoisotopic (exact) mass is 174 g/mol. The number of carbonyl (C=O) groups is 1. The van der Waals surface area contributed by atoms with E-state index in [1.165, 1.54) is 0 Å². The molecule has 0 aliphatic carbocycles. The molecule has 0 radical (unpaired) electrons. The van der Waals surface area contributed by atoms with Gasteiger partial charge in [-0.15, -0.1) is 0 Å². The van der Waals surface area contributed by atoms with Gasteiger partial charge in [-0.3, -0.25) is 4.79 Å². The molecule has 2 N–H and O–H groups in total. The van der Waals surface area contributed by atoms with E-state index in [-0.39, 0.29) is 12.6 Å². The third kappa shape index (κ3) is 2.19. The van der Waals surface area contributed by atoms with Crippen molar-refractivity contribution < 1.29 is 19.7 Å². The molecule has 2 atom stereocenters. The third-order valence-corrected chi connectivity index (χ3v) is 2.10. The number of hydrogen-bond donors (Lipinski definition) is 2. The predicted octanol–water partition coefficient (Wildman–Crippen LogP) is -0.175. The van der Waals surface area contributed by atoms with Gasteiger partial charge in [0.05, 0.1) is 12.7 Å². The number of aliphatic hydroxyl groups is 2. The van der Waals surface area contributed by atoms with Gasteiger partial charge in [0.1, 0.15) is 5.60 Å². The van der Waals surface area contributed by atoms with Crippen LogP contribution in [0.4, 0.5) is 0 Å². The first-order valence-corrected chi connectivity index (χ1v) is 4.06. The van der Waals surface area contributed by atoms with Gasteiger partial charge in [-0.25, -0.2) is 0 Å². The molecular weight excluding hydrogens is 160 g/mol. The van der Waals surface area contributed by atoms with Gasteiger partial charge in [0.25, 0.3) is 0 Å². The second kappa shape index (κ2) is 3.41. The van der Waals surface area contributed by atoms with Crippen LogP contribution in [-0.4, -0.2) is 34.5 Å². The number of ether oxygens (including phenoxy) is 1. The summed E-state index contributed by atoms with van der Waals surface area (Å²) in [4.78, 5) is 10.8. The summed E-state index contributed by atoms with van der Waals surface area (Å²) in [6, 6.07) is 0. The molecular formula is C8H14O4. The molecule has 0 aromatic rings. The third-order valence-electron chi connectivity index (χ3n) is 2.10. The van der Waals surface area contributed by atoms with Gasteiger partial charge < -0.3 is 14.9 Å². The molecule has 0 aromatic carbocycles. The van der Waals surface area contributed by atoms with Crippen LogP contribution in [0.1, 0.15) is 26.2 Å². The highest BCUT2D eigenvalue weighted by Gasteiger charge is 2.37. The molecule has 1 saturated heterocycles. The van der Waals surface area contributed by atoms with E-state index < -0.39 is 11.7 Å². The molecule has 1 fully saturated rings. The minimum atomic E-state index is -0.791. The van der Waals surface area contributed by atoms with Crippen molar-refractivity contribution >= 4 is 5.97 Å². The van der Waals surface area contributed by atoms with Gasteiger partial charge in [-0.05, 0) is 13.3 Å². The van der Waals surface area contributed by atoms with Gasteiger partial charge >= 0.3 is 5.97 Å². The summed E-state index contributed by atoms with van der Waals surface area (Å²) < 4.78 is 5.01. The Hall–Kier alpha value is -0.610. The summed E-state index contributed by atoms with van der Waals surface area (Å²) in [5.74, 6) is -0.220. The Morgan fingerprint density at radius 3 is 2.83 bits per heavy atom. The van der Waals surface area contributed by atoms with Gasteiger partial charge in [0.2, 0.25) is 0 Å². The molecule has 0 spiro atoms. The molecule has 4 heteroatoms. The number of carbonyl (C=O) groups excluding carboxylic acids is 1. The highest BCUT2D eigenvalue weighted by molar-refractivity contribution is 5.72. The summed E-state index contributed by atoms with van der Waals surface area (Å²) in [6.45, 7) is 1.49. The van der Waals surface area contributed by atoms with Crippen LogP contribution in [0.25, 0.3) is 0 Å². The van der Waals surface area contributed by atoms with Crippen LogP contribution in [0, 0.1) is 0 Å². The van der Waals surface area contributed by atoms with Crippen LogP contribution in [0.3, 0.4) is 0 Å². The lowest BCUT2D eigenvalue weighted by Gasteiger charge is -2.24. The summed E-state index contributed by atoms with van der Waals surface area (Å²) in [6.07, 6.45) is 0.563. The highest BCUT2D eigenvalue weighted by Crippen LogP contribution is 2.30. The first kappa shape index (κ1) is 9.48. The van der Waals surface area contributed by atoms with E-state index in [0.29, 0.717) is 19.3 Å². The maximum Gasteiger partial charge on any atom is 0.306 e. The second-order valence-corrected chi connectivity index (χ2v) is 3.46. The number of rotatable bonds is 3. The van der Waals surface area contributed by atoms with E-state index >= 15 is 0 Å². The largest absolute Gasteiger partial charge is 0.459 e. The van der Waals surface area contributed by atoms with Crippen molar-refractivity contribution in [2.75, 3.05) is 6.61 Å². The van der Waals surface area contributed by atoms with Crippen LogP contribution in [0.5, 0.6) is 0 Å². The first-order chi connectivity index (χ1) is 5.56. The van der Waals surface area contributed by atoms with E-state index in [0.717, 1.165) is 0 Å². The Morgan fingerprint density at radius 1 is 1.75 bits per heavy atom. The molecule has 2 unspecified atom stereocenters. The van der Waals surface area contributed by atoms with Gasteiger partial charge in [0, 0.05) is 12.8 Å². The number of aliphatic hydroxyl groups excluding tert-OH is 2. The van der Waals surface area contributed by atoms with Crippen molar-refractivity contribution in [3.63, 3.8) is 0 Å². The first-order valence-electron chi connectivity index (χ1n) is 4.06. The number of esters is 1. The fraction of sp³-hybridized carbons (Fsp3) is 0.875. The zero-order valence-corrected chi connectivity index (χ0v) is 7.12. The number of cyclic esters (lactones) is 1. The molecule has 1 rings (SSSR count). The van der Waals surface area contributed by atoms with Crippen LogP contribution >= 0.6 is 0 Å². The minimum Gasteiger partial charge on any atom is -0.459 e. The average Bonchev–Trinajstić information content (AvgIpc) is 2.30. The predicted molar refractivity (Wildman–Crippen MR) is 41.4 cm³/mol. The molecule has 1 aliphatic rings. The van der Waals surface area contributed by atoms with Crippen molar-refractivity contribution in [3.05, 3.63) is 0 Å². The zero-order valence-electron chi connectivity index (χ0n) is 7.12. The van der Waals surface area contributed by atoms with E-state index in [9.17, 15) is 4.79 Å². The Bertz CT molecular complexity index is 180. The molecule has 0 amide bonds. The fourth-order valence-electron chi connectivity index (χ4n) is 1.45. The standard InChI is InChI=1S/C8H14O4/c1-8(4-6(10)5-9)3-2-7(11)12-8/h6,9-10H,2-5H2,1H3. The molecule has 4 nitrogen and oxygen atoms in total. The summed E-state index contributed by atoms with van der Waals surface area (Å²) >= 11 is 0. The quantitative estimate of drug-likeness (QED) is 0.583. The minimum absolute atomic E-state index is 0.220. The summed E-state index contributed by atoms with van der Waals surface area (Å²) in [7, 11) is 0. The summed E-state index contributed by atoms with van der Waals surface area (Å²) in [5, 5.41) is 17.7. The Morgan fingerprint density at radius 2 is 2.42 bits per heavy atom. The van der Waals surface area contributed by atoms with Crippen LogP contribution in [-0.2, 0) is 9.53 Å². The molecule has 1 aliphatic heterocycles. The lowest BCUT2D eigenvalue weighted by Crippen LogP contribution is -2.31. The van der Waals surface area contributed by atoms with E-state index in [4.69, 9.17) is 14.9 Å². The highest BCUT2D eigenvalue weighted by atomic mass is 16.6. The van der Waals surface area contributed by atoms with Crippen LogP contribution < -0.4 is 0 Å². The van der Waals surface area contributed by atoms with Gasteiger partial charge in [-0.1, -0.05) is 0 Å². The number of hydrogen-bond acceptors (Lipinski definition) is 4. The maximum atomic E-state index is 10.8.